The minimum Gasteiger partial charge on any atom is -0.489 e. The Kier molecular flexibility index (Phi) is 10.1. The lowest BCUT2D eigenvalue weighted by molar-refractivity contribution is -0.135. The molecule has 8 nitrogen and oxygen atoms in total. The van der Waals surface area contributed by atoms with E-state index in [1.807, 2.05) is 36.5 Å². The van der Waals surface area contributed by atoms with Crippen LogP contribution in [0, 0.1) is 0 Å². The van der Waals surface area contributed by atoms with Crippen LogP contribution in [-0.4, -0.2) is 37.7 Å². The maximum Gasteiger partial charge on any atom is 0.300 e. The zero-order valence-corrected chi connectivity index (χ0v) is 18.9. The number of benzene rings is 2. The summed E-state index contributed by atoms with van der Waals surface area (Å²) in [5.74, 6) is 0.184. The number of aromatic nitrogens is 2. The molecule has 4 rings (SSSR count). The number of hydrogen-bond acceptors (Lipinski definition) is 5. The number of aliphatic carboxylic acids is 2. The van der Waals surface area contributed by atoms with Gasteiger partial charge in [0, 0.05) is 43.9 Å². The Morgan fingerprint density at radius 1 is 1.06 bits per heavy atom. The molecule has 2 aromatic carbocycles. The van der Waals surface area contributed by atoms with Crippen molar-refractivity contribution in [1.29, 1.82) is 0 Å². The van der Waals surface area contributed by atoms with Crippen LogP contribution in [0.1, 0.15) is 44.7 Å². The number of ether oxygens (including phenoxy) is 1. The number of hydrogen-bond donors (Lipinski definition) is 3. The van der Waals surface area contributed by atoms with E-state index in [4.69, 9.17) is 30.3 Å². The van der Waals surface area contributed by atoms with E-state index >= 15 is 0 Å². The van der Waals surface area contributed by atoms with Gasteiger partial charge in [0.15, 0.2) is 0 Å². The molecule has 1 heterocycles. The molecular formula is C25H31N3O5. The Balaban J connectivity index is 0.000000420. The minimum atomic E-state index is -0.833. The smallest absolute Gasteiger partial charge is 0.300 e. The first-order chi connectivity index (χ1) is 15.8. The van der Waals surface area contributed by atoms with Crippen molar-refractivity contribution in [1.82, 2.24) is 9.55 Å². The van der Waals surface area contributed by atoms with Gasteiger partial charge in [-0.05, 0) is 37.0 Å². The van der Waals surface area contributed by atoms with E-state index < -0.39 is 11.9 Å². The predicted octanol–water partition coefficient (Wildman–Crippen LogP) is 4.36. The van der Waals surface area contributed by atoms with Gasteiger partial charge in [-0.2, -0.15) is 0 Å². The zero-order valence-electron chi connectivity index (χ0n) is 18.9. The molecule has 1 aromatic heterocycles. The molecule has 1 saturated carbocycles. The molecule has 0 saturated heterocycles. The van der Waals surface area contributed by atoms with Crippen LogP contribution in [0.3, 0.4) is 0 Å². The van der Waals surface area contributed by atoms with Crippen molar-refractivity contribution in [2.75, 3.05) is 0 Å². The number of carbonyl (C=O) groups is 2. The Bertz CT molecular complexity index is 1000. The lowest BCUT2D eigenvalue weighted by atomic mass is 10.1. The highest BCUT2D eigenvalue weighted by molar-refractivity contribution is 5.63. The quantitative estimate of drug-likeness (QED) is 0.523. The number of carboxylic acid groups (broad SMARTS) is 2. The van der Waals surface area contributed by atoms with Gasteiger partial charge in [0.05, 0.1) is 0 Å². The lowest BCUT2D eigenvalue weighted by Gasteiger charge is -2.16. The van der Waals surface area contributed by atoms with Crippen molar-refractivity contribution in [3.8, 4) is 17.1 Å². The standard InChI is InChI=1S/C21H23N3O.2C2H4O2/c22-18-9-10-19(14-18)24-12-11-23-21(24)17-7-4-8-20(13-17)25-15-16-5-2-1-3-6-16;2*1-2(3)4/h1-8,11-13,18-19H,9-10,14-15,22H2;2*1H3,(H,3,4)/t18-,19-;;/m1../s1. The summed E-state index contributed by atoms with van der Waals surface area (Å²) in [5, 5.41) is 14.8. The summed E-state index contributed by atoms with van der Waals surface area (Å²) in [6.07, 6.45) is 7.16. The molecule has 0 amide bonds. The fourth-order valence-electron chi connectivity index (χ4n) is 3.54. The summed E-state index contributed by atoms with van der Waals surface area (Å²) in [4.78, 5) is 22.6. The summed E-state index contributed by atoms with van der Waals surface area (Å²) in [5.41, 5.74) is 8.33. The summed E-state index contributed by atoms with van der Waals surface area (Å²) in [7, 11) is 0. The average molecular weight is 454 g/mol. The van der Waals surface area contributed by atoms with Crippen LogP contribution in [0.25, 0.3) is 11.4 Å². The fourth-order valence-corrected chi connectivity index (χ4v) is 3.54. The summed E-state index contributed by atoms with van der Waals surface area (Å²) < 4.78 is 8.22. The number of rotatable bonds is 5. The Hall–Kier alpha value is -3.65. The Labute approximate surface area is 193 Å². The second-order valence-corrected chi connectivity index (χ2v) is 7.73. The van der Waals surface area contributed by atoms with E-state index in [2.05, 4.69) is 40.0 Å². The third-order valence-corrected chi connectivity index (χ3v) is 4.85. The predicted molar refractivity (Wildman–Crippen MR) is 126 cm³/mol. The van der Waals surface area contributed by atoms with E-state index in [1.165, 1.54) is 0 Å². The molecule has 2 atom stereocenters. The number of carboxylic acids is 2. The normalized spacial score (nSPS) is 16.6. The second kappa shape index (κ2) is 13.0. The van der Waals surface area contributed by atoms with Gasteiger partial charge in [0.1, 0.15) is 18.2 Å². The fraction of sp³-hybridized carbons (Fsp3) is 0.320. The van der Waals surface area contributed by atoms with Crippen molar-refractivity contribution >= 4 is 11.9 Å². The third kappa shape index (κ3) is 9.16. The summed E-state index contributed by atoms with van der Waals surface area (Å²) in [6, 6.07) is 19.1. The van der Waals surface area contributed by atoms with Crippen molar-refractivity contribution in [3.05, 3.63) is 72.6 Å². The lowest BCUT2D eigenvalue weighted by Crippen LogP contribution is -2.16. The minimum absolute atomic E-state index is 0.306. The largest absolute Gasteiger partial charge is 0.489 e. The molecule has 8 heteroatoms. The van der Waals surface area contributed by atoms with E-state index in [9.17, 15) is 0 Å². The van der Waals surface area contributed by atoms with Gasteiger partial charge in [-0.15, -0.1) is 0 Å². The summed E-state index contributed by atoms with van der Waals surface area (Å²) >= 11 is 0. The van der Waals surface area contributed by atoms with Crippen molar-refractivity contribution < 1.29 is 24.5 Å². The van der Waals surface area contributed by atoms with Crippen LogP contribution in [0.15, 0.2) is 67.0 Å². The average Bonchev–Trinajstić information content (AvgIpc) is 3.41. The van der Waals surface area contributed by atoms with E-state index in [-0.39, 0.29) is 0 Å². The maximum absolute atomic E-state index is 9.00. The molecule has 176 valence electrons. The van der Waals surface area contributed by atoms with Crippen LogP contribution >= 0.6 is 0 Å². The molecule has 1 aliphatic rings. The van der Waals surface area contributed by atoms with Gasteiger partial charge in [-0.25, -0.2) is 4.98 Å². The Morgan fingerprint density at radius 2 is 1.73 bits per heavy atom. The van der Waals surface area contributed by atoms with Crippen LogP contribution in [0.2, 0.25) is 0 Å². The highest BCUT2D eigenvalue weighted by Crippen LogP contribution is 2.33. The number of imidazole rings is 1. The van der Waals surface area contributed by atoms with Gasteiger partial charge in [-0.1, -0.05) is 42.5 Å². The monoisotopic (exact) mass is 453 g/mol. The van der Waals surface area contributed by atoms with Crippen LogP contribution in [-0.2, 0) is 16.2 Å². The molecule has 33 heavy (non-hydrogen) atoms. The molecule has 0 bridgehead atoms. The molecule has 0 spiro atoms. The molecule has 0 radical (unpaired) electrons. The Morgan fingerprint density at radius 3 is 2.33 bits per heavy atom. The highest BCUT2D eigenvalue weighted by Gasteiger charge is 2.25. The molecule has 0 unspecified atom stereocenters. The molecule has 1 fully saturated rings. The van der Waals surface area contributed by atoms with Gasteiger partial charge in [-0.3, -0.25) is 9.59 Å². The molecule has 3 aromatic rings. The van der Waals surface area contributed by atoms with Crippen molar-refractivity contribution in [2.24, 2.45) is 5.73 Å². The second-order valence-electron chi connectivity index (χ2n) is 7.73. The van der Waals surface area contributed by atoms with E-state index in [0.29, 0.717) is 18.7 Å². The first-order valence-electron chi connectivity index (χ1n) is 10.7. The van der Waals surface area contributed by atoms with Crippen molar-refractivity contribution in [2.45, 2.75) is 51.8 Å². The van der Waals surface area contributed by atoms with Crippen LogP contribution in [0.5, 0.6) is 5.75 Å². The number of nitrogens with two attached hydrogens (primary N) is 1. The van der Waals surface area contributed by atoms with Gasteiger partial charge in [0.25, 0.3) is 11.9 Å². The van der Waals surface area contributed by atoms with Crippen LogP contribution < -0.4 is 10.5 Å². The zero-order chi connectivity index (χ0) is 24.2. The highest BCUT2D eigenvalue weighted by atomic mass is 16.5. The van der Waals surface area contributed by atoms with Gasteiger partial charge < -0.3 is 25.3 Å². The summed E-state index contributed by atoms with van der Waals surface area (Å²) in [6.45, 7) is 2.73. The number of nitrogens with zero attached hydrogens (tertiary/aromatic N) is 2. The molecule has 1 aliphatic carbocycles. The van der Waals surface area contributed by atoms with Crippen molar-refractivity contribution in [3.63, 3.8) is 0 Å². The first-order valence-corrected chi connectivity index (χ1v) is 10.7. The maximum atomic E-state index is 9.00. The molecule has 0 aliphatic heterocycles. The van der Waals surface area contributed by atoms with E-state index in [1.54, 1.807) is 0 Å². The van der Waals surface area contributed by atoms with Gasteiger partial charge >= 0.3 is 0 Å². The first kappa shape index (κ1) is 25.6. The van der Waals surface area contributed by atoms with Gasteiger partial charge in [0.2, 0.25) is 0 Å². The SMILES string of the molecule is CC(=O)O.CC(=O)O.N[C@@H]1CC[C@@H](n2ccnc2-c2cccc(OCc3ccccc3)c2)C1. The topological polar surface area (TPSA) is 128 Å². The van der Waals surface area contributed by atoms with Crippen LogP contribution in [0.4, 0.5) is 0 Å². The molecule has 4 N–H and O–H groups in total. The van der Waals surface area contributed by atoms with E-state index in [0.717, 1.165) is 55.8 Å². The molecular weight excluding hydrogens is 422 g/mol. The third-order valence-electron chi connectivity index (χ3n) is 4.85.